The van der Waals surface area contributed by atoms with Crippen molar-refractivity contribution >= 4 is 5.91 Å². The molecule has 1 saturated carbocycles. The van der Waals surface area contributed by atoms with Gasteiger partial charge in [0.05, 0.1) is 19.3 Å². The van der Waals surface area contributed by atoms with Crippen molar-refractivity contribution in [1.29, 1.82) is 0 Å². The first-order valence-electron chi connectivity index (χ1n) is 8.91. The van der Waals surface area contributed by atoms with Crippen molar-refractivity contribution in [3.8, 4) is 0 Å². The lowest BCUT2D eigenvalue weighted by Crippen LogP contribution is -2.55. The fraction of sp³-hybridized carbons (Fsp3) is 0.632. The predicted octanol–water partition coefficient (Wildman–Crippen LogP) is 2.75. The Labute approximate surface area is 139 Å². The van der Waals surface area contributed by atoms with Crippen molar-refractivity contribution in [3.63, 3.8) is 0 Å². The van der Waals surface area contributed by atoms with Crippen LogP contribution in [0.1, 0.15) is 44.2 Å². The Kier molecular flexibility index (Phi) is 5.68. The number of carbonyl (C=O) groups is 1. The predicted molar refractivity (Wildman–Crippen MR) is 91.1 cm³/mol. The first kappa shape index (κ1) is 16.5. The molecule has 2 atom stereocenters. The number of amides is 1. The summed E-state index contributed by atoms with van der Waals surface area (Å²) < 4.78 is 5.58. The van der Waals surface area contributed by atoms with Gasteiger partial charge in [-0.3, -0.25) is 9.69 Å². The van der Waals surface area contributed by atoms with Gasteiger partial charge in [0.15, 0.2) is 0 Å². The molecule has 0 aromatic heterocycles. The third-order valence-corrected chi connectivity index (χ3v) is 5.17. The molecule has 2 fully saturated rings. The molecular weight excluding hydrogens is 288 g/mol. The van der Waals surface area contributed by atoms with E-state index >= 15 is 0 Å². The van der Waals surface area contributed by atoms with Gasteiger partial charge in [-0.25, -0.2) is 0 Å². The summed E-state index contributed by atoms with van der Waals surface area (Å²) in [6.07, 6.45) is 5.31. The van der Waals surface area contributed by atoms with Gasteiger partial charge < -0.3 is 10.1 Å². The van der Waals surface area contributed by atoms with Crippen LogP contribution < -0.4 is 5.32 Å². The van der Waals surface area contributed by atoms with Gasteiger partial charge in [-0.1, -0.05) is 43.2 Å². The Morgan fingerprint density at radius 2 is 2.04 bits per heavy atom. The summed E-state index contributed by atoms with van der Waals surface area (Å²) in [6.45, 7) is 5.21. The summed E-state index contributed by atoms with van der Waals surface area (Å²) >= 11 is 0. The molecule has 0 bridgehead atoms. The van der Waals surface area contributed by atoms with Crippen LogP contribution >= 0.6 is 0 Å². The quantitative estimate of drug-likeness (QED) is 0.908. The van der Waals surface area contributed by atoms with E-state index in [1.165, 1.54) is 25.7 Å². The van der Waals surface area contributed by atoms with Gasteiger partial charge in [0, 0.05) is 13.1 Å². The summed E-state index contributed by atoms with van der Waals surface area (Å²) in [5.41, 5.74) is 1.14. The van der Waals surface area contributed by atoms with E-state index in [0.717, 1.165) is 31.2 Å². The van der Waals surface area contributed by atoms with Crippen molar-refractivity contribution in [2.45, 2.75) is 44.7 Å². The van der Waals surface area contributed by atoms with Crippen molar-refractivity contribution in [1.82, 2.24) is 10.2 Å². The third-order valence-electron chi connectivity index (χ3n) is 5.17. The molecule has 0 spiro atoms. The van der Waals surface area contributed by atoms with Gasteiger partial charge in [-0.15, -0.1) is 0 Å². The monoisotopic (exact) mass is 316 g/mol. The van der Waals surface area contributed by atoms with E-state index in [2.05, 4.69) is 22.3 Å². The highest BCUT2D eigenvalue weighted by molar-refractivity contribution is 5.82. The summed E-state index contributed by atoms with van der Waals surface area (Å²) in [4.78, 5) is 15.1. The van der Waals surface area contributed by atoms with E-state index in [1.54, 1.807) is 0 Å². The molecule has 1 aliphatic carbocycles. The molecular formula is C19H28N2O2. The maximum absolute atomic E-state index is 12.7. The lowest BCUT2D eigenvalue weighted by Gasteiger charge is -2.36. The normalized spacial score (nSPS) is 24.5. The summed E-state index contributed by atoms with van der Waals surface area (Å²) in [6, 6.07) is 10.0. The topological polar surface area (TPSA) is 41.6 Å². The molecule has 3 rings (SSSR count). The summed E-state index contributed by atoms with van der Waals surface area (Å²) in [5, 5.41) is 3.16. The van der Waals surface area contributed by atoms with Crippen LogP contribution in [0, 0.1) is 5.92 Å². The number of rotatable bonds is 5. The van der Waals surface area contributed by atoms with E-state index in [0.29, 0.717) is 6.61 Å². The summed E-state index contributed by atoms with van der Waals surface area (Å²) in [5.74, 6) is 0.856. The number of ether oxygens (including phenoxy) is 1. The number of morpholine rings is 1. The van der Waals surface area contributed by atoms with E-state index < -0.39 is 0 Å². The van der Waals surface area contributed by atoms with Crippen molar-refractivity contribution in [2.75, 3.05) is 26.3 Å². The summed E-state index contributed by atoms with van der Waals surface area (Å²) in [7, 11) is 0. The van der Waals surface area contributed by atoms with Gasteiger partial charge in [-0.05, 0) is 31.2 Å². The second kappa shape index (κ2) is 7.93. The molecule has 1 amide bonds. The molecule has 1 saturated heterocycles. The molecule has 1 heterocycles. The third kappa shape index (κ3) is 4.33. The average molecular weight is 316 g/mol. The highest BCUT2D eigenvalue weighted by Gasteiger charge is 2.32. The number of nitrogens with one attached hydrogen (secondary N) is 1. The Bertz CT molecular complexity index is 499. The first-order chi connectivity index (χ1) is 11.2. The zero-order valence-electron chi connectivity index (χ0n) is 14.0. The Hall–Kier alpha value is -1.39. The second-order valence-corrected chi connectivity index (χ2v) is 6.88. The molecule has 0 unspecified atom stereocenters. The minimum absolute atomic E-state index is 0.0268. The molecule has 1 aliphatic heterocycles. The highest BCUT2D eigenvalue weighted by Crippen LogP contribution is 2.26. The lowest BCUT2D eigenvalue weighted by molar-refractivity contribution is -0.133. The zero-order valence-corrected chi connectivity index (χ0v) is 14.0. The molecule has 126 valence electrons. The van der Waals surface area contributed by atoms with Crippen LogP contribution in [0.3, 0.4) is 0 Å². The fourth-order valence-corrected chi connectivity index (χ4v) is 3.76. The first-order valence-corrected chi connectivity index (χ1v) is 8.91. The highest BCUT2D eigenvalue weighted by atomic mass is 16.5. The molecule has 4 heteroatoms. The van der Waals surface area contributed by atoms with Crippen LogP contribution in [-0.2, 0) is 9.53 Å². The standard InChI is InChI=1S/C19H28N2O2/c1-15(17-9-3-2-4-10-17)20-19(22)18-14-23-12-11-21(18)13-16-7-5-6-8-16/h2-4,9-10,15-16,18H,5-8,11-14H2,1H3,(H,20,22)/t15-,18-/m1/s1. The van der Waals surface area contributed by atoms with Gasteiger partial charge in [-0.2, -0.15) is 0 Å². The van der Waals surface area contributed by atoms with Gasteiger partial charge in [0.2, 0.25) is 5.91 Å². The molecule has 2 aliphatic rings. The number of hydrogen-bond acceptors (Lipinski definition) is 3. The van der Waals surface area contributed by atoms with Crippen LogP contribution in [-0.4, -0.2) is 43.2 Å². The van der Waals surface area contributed by atoms with Crippen LogP contribution in [0.5, 0.6) is 0 Å². The van der Waals surface area contributed by atoms with Crippen LogP contribution in [0.2, 0.25) is 0 Å². The Morgan fingerprint density at radius 1 is 1.30 bits per heavy atom. The smallest absolute Gasteiger partial charge is 0.240 e. The van der Waals surface area contributed by atoms with Crippen molar-refractivity contribution in [3.05, 3.63) is 35.9 Å². The van der Waals surface area contributed by atoms with E-state index in [-0.39, 0.29) is 18.0 Å². The number of benzene rings is 1. The molecule has 1 aromatic rings. The molecule has 0 radical (unpaired) electrons. The number of nitrogens with zero attached hydrogens (tertiary/aromatic N) is 1. The minimum atomic E-state index is -0.143. The van der Waals surface area contributed by atoms with E-state index in [4.69, 9.17) is 4.74 Å². The largest absolute Gasteiger partial charge is 0.378 e. The molecule has 4 nitrogen and oxygen atoms in total. The Balaban J connectivity index is 1.59. The molecule has 23 heavy (non-hydrogen) atoms. The lowest BCUT2D eigenvalue weighted by atomic mass is 10.0. The van der Waals surface area contributed by atoms with Gasteiger partial charge in [0.25, 0.3) is 0 Å². The van der Waals surface area contributed by atoms with Crippen molar-refractivity contribution < 1.29 is 9.53 Å². The van der Waals surface area contributed by atoms with Gasteiger partial charge >= 0.3 is 0 Å². The van der Waals surface area contributed by atoms with Crippen molar-refractivity contribution in [2.24, 2.45) is 5.92 Å². The van der Waals surface area contributed by atoms with Gasteiger partial charge in [0.1, 0.15) is 6.04 Å². The number of hydrogen-bond donors (Lipinski definition) is 1. The molecule has 1 aromatic carbocycles. The van der Waals surface area contributed by atoms with E-state index in [1.807, 2.05) is 25.1 Å². The maximum atomic E-state index is 12.7. The number of carbonyl (C=O) groups excluding carboxylic acids is 1. The Morgan fingerprint density at radius 3 is 2.78 bits per heavy atom. The van der Waals surface area contributed by atoms with Crippen LogP contribution in [0.25, 0.3) is 0 Å². The SMILES string of the molecule is C[C@@H](NC(=O)[C@H]1COCCN1CC1CCCC1)c1ccccc1. The maximum Gasteiger partial charge on any atom is 0.240 e. The minimum Gasteiger partial charge on any atom is -0.378 e. The molecule has 1 N–H and O–H groups in total. The average Bonchev–Trinajstić information content (AvgIpc) is 3.09. The fourth-order valence-electron chi connectivity index (χ4n) is 3.76. The zero-order chi connectivity index (χ0) is 16.1. The van der Waals surface area contributed by atoms with Crippen LogP contribution in [0.15, 0.2) is 30.3 Å². The van der Waals surface area contributed by atoms with E-state index in [9.17, 15) is 4.79 Å². The second-order valence-electron chi connectivity index (χ2n) is 6.88. The van der Waals surface area contributed by atoms with Crippen LogP contribution in [0.4, 0.5) is 0 Å².